The summed E-state index contributed by atoms with van der Waals surface area (Å²) in [4.78, 5) is 26.4. The van der Waals surface area contributed by atoms with Crippen LogP contribution in [0.25, 0.3) is 17.4 Å². The van der Waals surface area contributed by atoms with Gasteiger partial charge in [-0.25, -0.2) is 14.6 Å². The normalized spacial score (nSPS) is 16.6. The minimum Gasteiger partial charge on any atom is -0.460 e. The van der Waals surface area contributed by atoms with Gasteiger partial charge in [-0.1, -0.05) is 13.8 Å². The topological polar surface area (TPSA) is 80.3 Å². The van der Waals surface area contributed by atoms with Crippen LogP contribution < -0.4 is 0 Å². The second-order valence-electron chi connectivity index (χ2n) is 7.62. The molecule has 1 saturated heterocycles. The average molecular weight is 409 g/mol. The number of aromatic nitrogens is 4. The summed E-state index contributed by atoms with van der Waals surface area (Å²) >= 11 is 0. The summed E-state index contributed by atoms with van der Waals surface area (Å²) in [6.07, 6.45) is 4.30. The van der Waals surface area contributed by atoms with Crippen LogP contribution in [-0.2, 0) is 0 Å². The van der Waals surface area contributed by atoms with E-state index < -0.39 is 0 Å². The highest BCUT2D eigenvalue weighted by molar-refractivity contribution is 5.95. The van der Waals surface area contributed by atoms with E-state index >= 15 is 0 Å². The summed E-state index contributed by atoms with van der Waals surface area (Å²) in [5.41, 5.74) is 2.01. The third kappa shape index (κ3) is 3.75. The van der Waals surface area contributed by atoms with Gasteiger partial charge < -0.3 is 9.32 Å². The van der Waals surface area contributed by atoms with Gasteiger partial charge in [-0.05, 0) is 51.6 Å². The van der Waals surface area contributed by atoms with Crippen molar-refractivity contribution in [1.82, 2.24) is 29.5 Å². The predicted octanol–water partition coefficient (Wildman–Crippen LogP) is 3.10. The van der Waals surface area contributed by atoms with Crippen LogP contribution >= 0.6 is 0 Å². The first-order valence-electron chi connectivity index (χ1n) is 10.5. The first-order valence-corrected chi connectivity index (χ1v) is 10.5. The molecule has 0 N–H and O–H groups in total. The molecule has 0 aromatic carbocycles. The number of amides is 1. The highest BCUT2D eigenvalue weighted by Gasteiger charge is 2.31. The van der Waals surface area contributed by atoms with Gasteiger partial charge in [0.05, 0.1) is 17.5 Å². The van der Waals surface area contributed by atoms with Gasteiger partial charge in [-0.2, -0.15) is 5.10 Å². The van der Waals surface area contributed by atoms with Gasteiger partial charge in [-0.3, -0.25) is 9.69 Å². The molecule has 4 rings (SSSR count). The molecule has 0 aliphatic carbocycles. The number of aryl methyl sites for hydroxylation is 1. The lowest BCUT2D eigenvalue weighted by Gasteiger charge is -2.26. The molecule has 1 atom stereocenters. The Hall–Kier alpha value is -3.00. The third-order valence-corrected chi connectivity index (χ3v) is 5.84. The predicted molar refractivity (Wildman–Crippen MR) is 114 cm³/mol. The number of carbonyl (C=O) groups is 1. The minimum atomic E-state index is 0.0196. The van der Waals surface area contributed by atoms with E-state index in [1.807, 2.05) is 30.9 Å². The van der Waals surface area contributed by atoms with Crippen LogP contribution in [0.4, 0.5) is 0 Å². The van der Waals surface area contributed by atoms with E-state index in [2.05, 4.69) is 33.8 Å². The van der Waals surface area contributed by atoms with Crippen molar-refractivity contribution in [2.75, 3.05) is 26.2 Å². The number of likely N-dealkylation sites (tertiary alicyclic amines) is 1. The van der Waals surface area contributed by atoms with Gasteiger partial charge in [0.2, 0.25) is 0 Å². The van der Waals surface area contributed by atoms with E-state index in [-0.39, 0.29) is 5.91 Å². The molecule has 1 aliphatic rings. The molecule has 1 fully saturated rings. The Labute approximate surface area is 176 Å². The lowest BCUT2D eigenvalue weighted by atomic mass is 10.2. The fourth-order valence-corrected chi connectivity index (χ4v) is 4.12. The number of hydrogen-bond acceptors (Lipinski definition) is 6. The first-order chi connectivity index (χ1) is 14.5. The first kappa shape index (κ1) is 20.3. The Balaban J connectivity index is 1.55. The molecular formula is C22H28N6O2. The van der Waals surface area contributed by atoms with Crippen LogP contribution in [-0.4, -0.2) is 67.7 Å². The Morgan fingerprint density at radius 1 is 1.23 bits per heavy atom. The van der Waals surface area contributed by atoms with Gasteiger partial charge >= 0.3 is 0 Å². The molecule has 1 aliphatic heterocycles. The zero-order chi connectivity index (χ0) is 21.3. The molecule has 0 radical (unpaired) electrons. The summed E-state index contributed by atoms with van der Waals surface area (Å²) in [5, 5.41) is 4.41. The maximum atomic E-state index is 13.1. The SMILES string of the molecule is CCN(CC)[C@@H]1CCN(C(=O)c2cnn(-c3nccc(-c4ccc(C)o4)n3)c2C)C1. The Morgan fingerprint density at radius 3 is 2.73 bits per heavy atom. The highest BCUT2D eigenvalue weighted by Crippen LogP contribution is 2.22. The largest absolute Gasteiger partial charge is 0.460 e. The van der Waals surface area contributed by atoms with Crippen LogP contribution in [0.2, 0.25) is 0 Å². The molecule has 8 heteroatoms. The van der Waals surface area contributed by atoms with Crippen molar-refractivity contribution >= 4 is 5.91 Å². The zero-order valence-electron chi connectivity index (χ0n) is 18.0. The van der Waals surface area contributed by atoms with E-state index in [9.17, 15) is 4.79 Å². The molecule has 0 bridgehead atoms. The monoisotopic (exact) mass is 408 g/mol. The summed E-state index contributed by atoms with van der Waals surface area (Å²) in [7, 11) is 0. The van der Waals surface area contributed by atoms with Crippen LogP contribution in [0, 0.1) is 13.8 Å². The minimum absolute atomic E-state index is 0.0196. The second-order valence-corrected chi connectivity index (χ2v) is 7.62. The van der Waals surface area contributed by atoms with Crippen molar-refractivity contribution in [2.45, 2.75) is 40.2 Å². The van der Waals surface area contributed by atoms with Crippen molar-refractivity contribution in [2.24, 2.45) is 0 Å². The van der Waals surface area contributed by atoms with Crippen LogP contribution in [0.5, 0.6) is 0 Å². The molecule has 4 heterocycles. The number of likely N-dealkylation sites (N-methyl/N-ethyl adjacent to an activating group) is 1. The molecule has 30 heavy (non-hydrogen) atoms. The third-order valence-electron chi connectivity index (χ3n) is 5.84. The lowest BCUT2D eigenvalue weighted by Crippen LogP contribution is -2.38. The Kier molecular flexibility index (Phi) is 5.67. The average Bonchev–Trinajstić information content (AvgIpc) is 3.49. The maximum absolute atomic E-state index is 13.1. The van der Waals surface area contributed by atoms with Gasteiger partial charge in [0.15, 0.2) is 5.76 Å². The summed E-state index contributed by atoms with van der Waals surface area (Å²) in [6.45, 7) is 11.6. The Morgan fingerprint density at radius 2 is 2.03 bits per heavy atom. The number of hydrogen-bond donors (Lipinski definition) is 0. The molecule has 158 valence electrons. The quantitative estimate of drug-likeness (QED) is 0.624. The fraction of sp³-hybridized carbons (Fsp3) is 0.455. The summed E-state index contributed by atoms with van der Waals surface area (Å²) in [6, 6.07) is 6.00. The number of carbonyl (C=O) groups excluding carboxylic acids is 1. The Bertz CT molecular complexity index is 1040. The van der Waals surface area contributed by atoms with E-state index in [1.54, 1.807) is 23.1 Å². The molecule has 8 nitrogen and oxygen atoms in total. The number of furan rings is 1. The summed E-state index contributed by atoms with van der Waals surface area (Å²) in [5.74, 6) is 1.94. The zero-order valence-corrected chi connectivity index (χ0v) is 18.0. The van der Waals surface area contributed by atoms with Gasteiger partial charge in [0.25, 0.3) is 11.9 Å². The van der Waals surface area contributed by atoms with Crippen molar-refractivity contribution in [1.29, 1.82) is 0 Å². The summed E-state index contributed by atoms with van der Waals surface area (Å²) < 4.78 is 7.28. The van der Waals surface area contributed by atoms with Gasteiger partial charge in [0.1, 0.15) is 11.5 Å². The van der Waals surface area contributed by atoms with E-state index in [1.165, 1.54) is 0 Å². The molecule has 3 aromatic rings. The van der Waals surface area contributed by atoms with Crippen molar-refractivity contribution in [3.8, 4) is 17.4 Å². The van der Waals surface area contributed by atoms with E-state index in [4.69, 9.17) is 4.42 Å². The second kappa shape index (κ2) is 8.39. The van der Waals surface area contributed by atoms with Crippen molar-refractivity contribution in [3.05, 3.63) is 47.6 Å². The molecule has 0 spiro atoms. The number of nitrogens with zero attached hydrogens (tertiary/aromatic N) is 6. The lowest BCUT2D eigenvalue weighted by molar-refractivity contribution is 0.0777. The molecule has 0 unspecified atom stereocenters. The van der Waals surface area contributed by atoms with Crippen LogP contribution in [0.1, 0.15) is 42.1 Å². The van der Waals surface area contributed by atoms with Gasteiger partial charge in [0, 0.05) is 25.3 Å². The maximum Gasteiger partial charge on any atom is 0.257 e. The standard InChI is InChI=1S/C22H28N6O2/c1-5-26(6-2)17-10-12-27(14-17)21(29)18-13-24-28(16(18)4)22-23-11-9-19(25-22)20-8-7-15(3)30-20/h7-9,11,13,17H,5-6,10,12,14H2,1-4H3/t17-/m1/s1. The van der Waals surface area contributed by atoms with Crippen LogP contribution in [0.15, 0.2) is 35.0 Å². The molecule has 3 aromatic heterocycles. The highest BCUT2D eigenvalue weighted by atomic mass is 16.3. The van der Waals surface area contributed by atoms with Crippen LogP contribution in [0.3, 0.4) is 0 Å². The molecule has 0 saturated carbocycles. The van der Waals surface area contributed by atoms with Gasteiger partial charge in [-0.15, -0.1) is 0 Å². The number of rotatable bonds is 6. The molecular weight excluding hydrogens is 380 g/mol. The van der Waals surface area contributed by atoms with Crippen molar-refractivity contribution in [3.63, 3.8) is 0 Å². The molecule has 1 amide bonds. The van der Waals surface area contributed by atoms with E-state index in [0.717, 1.165) is 44.1 Å². The van der Waals surface area contributed by atoms with Crippen molar-refractivity contribution < 1.29 is 9.21 Å². The van der Waals surface area contributed by atoms with E-state index in [0.29, 0.717) is 29.0 Å². The smallest absolute Gasteiger partial charge is 0.257 e. The fourth-order valence-electron chi connectivity index (χ4n) is 4.12.